The molecule has 1 atom stereocenters. The van der Waals surface area contributed by atoms with Crippen LogP contribution in [0.2, 0.25) is 0 Å². The van der Waals surface area contributed by atoms with Crippen LogP contribution >= 0.6 is 15.9 Å². The monoisotopic (exact) mass is 216 g/mol. The summed E-state index contributed by atoms with van der Waals surface area (Å²) >= 11 is 3.57. The van der Waals surface area contributed by atoms with Gasteiger partial charge in [0.2, 0.25) is 0 Å². The molecule has 0 fully saturated rings. The lowest BCUT2D eigenvalue weighted by Crippen LogP contribution is -2.28. The van der Waals surface area contributed by atoms with Crippen molar-refractivity contribution < 1.29 is 0 Å². The average molecular weight is 217 g/mol. The molecule has 0 saturated carbocycles. The van der Waals surface area contributed by atoms with E-state index in [2.05, 4.69) is 48.9 Å². The van der Waals surface area contributed by atoms with E-state index in [9.17, 15) is 0 Å². The van der Waals surface area contributed by atoms with Crippen molar-refractivity contribution in [1.29, 1.82) is 0 Å². The van der Waals surface area contributed by atoms with Gasteiger partial charge in [-0.15, -0.1) is 0 Å². The minimum atomic E-state index is 0.391. The Balaban J connectivity index is 2.74. The lowest BCUT2D eigenvalue weighted by atomic mass is 9.69. The Bertz CT molecular complexity index is 170. The van der Waals surface area contributed by atoms with Gasteiger partial charge in [-0.3, -0.25) is 0 Å². The van der Waals surface area contributed by atoms with E-state index in [-0.39, 0.29) is 0 Å². The summed E-state index contributed by atoms with van der Waals surface area (Å²) in [6, 6.07) is 0. The Hall–Kier alpha value is 0.220. The number of hydrogen-bond donors (Lipinski definition) is 0. The second-order valence-electron chi connectivity index (χ2n) is 4.74. The molecule has 0 aliphatic heterocycles. The number of allylic oxidation sites excluding steroid dienone is 2. The van der Waals surface area contributed by atoms with Gasteiger partial charge < -0.3 is 0 Å². The molecule has 64 valence electrons. The fourth-order valence-electron chi connectivity index (χ4n) is 1.98. The summed E-state index contributed by atoms with van der Waals surface area (Å²) in [6.45, 7) is 7.01. The molecule has 0 radical (unpaired) electrons. The summed E-state index contributed by atoms with van der Waals surface area (Å²) in [5.74, 6) is 0. The molecule has 1 heteroatoms. The zero-order valence-corrected chi connectivity index (χ0v) is 9.24. The highest BCUT2D eigenvalue weighted by Gasteiger charge is 2.31. The first-order chi connectivity index (χ1) is 4.97. The Labute approximate surface area is 78.2 Å². The largest absolute Gasteiger partial charge is 0.0919 e. The van der Waals surface area contributed by atoms with Crippen LogP contribution in [0.5, 0.6) is 0 Å². The zero-order valence-electron chi connectivity index (χ0n) is 7.65. The molecule has 0 nitrogen and oxygen atoms in total. The Morgan fingerprint density at radius 1 is 1.36 bits per heavy atom. The first kappa shape index (κ1) is 9.31. The van der Waals surface area contributed by atoms with Crippen LogP contribution in [0.1, 0.15) is 33.6 Å². The molecule has 0 aromatic heterocycles. The molecule has 0 amide bonds. The van der Waals surface area contributed by atoms with Gasteiger partial charge in [-0.1, -0.05) is 48.9 Å². The molecule has 0 aromatic rings. The van der Waals surface area contributed by atoms with Crippen LogP contribution in [0.15, 0.2) is 12.2 Å². The average Bonchev–Trinajstić information content (AvgIpc) is 1.85. The predicted molar refractivity (Wildman–Crippen MR) is 54.1 cm³/mol. The summed E-state index contributed by atoms with van der Waals surface area (Å²) in [6.07, 6.45) is 7.20. The van der Waals surface area contributed by atoms with Crippen molar-refractivity contribution in [3.05, 3.63) is 12.2 Å². The van der Waals surface area contributed by atoms with Crippen molar-refractivity contribution in [1.82, 2.24) is 0 Å². The summed E-state index contributed by atoms with van der Waals surface area (Å²) in [7, 11) is 0. The van der Waals surface area contributed by atoms with Crippen molar-refractivity contribution in [3.63, 3.8) is 0 Å². The maximum atomic E-state index is 3.57. The lowest BCUT2D eigenvalue weighted by molar-refractivity contribution is 0.227. The molecular formula is C10H17Br. The summed E-state index contributed by atoms with van der Waals surface area (Å²) in [4.78, 5) is 0. The normalized spacial score (nSPS) is 35.6. The summed E-state index contributed by atoms with van der Waals surface area (Å²) < 4.78 is 0. The zero-order chi connectivity index (χ0) is 8.54. The van der Waals surface area contributed by atoms with E-state index in [0.29, 0.717) is 10.8 Å². The van der Waals surface area contributed by atoms with Crippen molar-refractivity contribution in [2.24, 2.45) is 10.8 Å². The summed E-state index contributed by atoms with van der Waals surface area (Å²) in [5, 5.41) is 1.08. The molecular weight excluding hydrogens is 200 g/mol. The van der Waals surface area contributed by atoms with Gasteiger partial charge in [-0.05, 0) is 23.7 Å². The van der Waals surface area contributed by atoms with Gasteiger partial charge in [0, 0.05) is 5.33 Å². The molecule has 1 rings (SSSR count). The van der Waals surface area contributed by atoms with Crippen molar-refractivity contribution in [3.8, 4) is 0 Å². The van der Waals surface area contributed by atoms with Crippen LogP contribution in [-0.2, 0) is 0 Å². The number of halogens is 1. The second-order valence-corrected chi connectivity index (χ2v) is 5.30. The Kier molecular flexibility index (Phi) is 2.48. The quantitative estimate of drug-likeness (QED) is 0.463. The van der Waals surface area contributed by atoms with Crippen molar-refractivity contribution >= 4 is 15.9 Å². The third-order valence-electron chi connectivity index (χ3n) is 2.38. The highest BCUT2D eigenvalue weighted by atomic mass is 79.9. The van der Waals surface area contributed by atoms with Gasteiger partial charge in [0.25, 0.3) is 0 Å². The van der Waals surface area contributed by atoms with E-state index in [1.165, 1.54) is 12.8 Å². The SMILES string of the molecule is CC1(C)CC=CC(C)(CBr)C1. The highest BCUT2D eigenvalue weighted by Crippen LogP contribution is 2.42. The minimum absolute atomic E-state index is 0.391. The lowest BCUT2D eigenvalue weighted by Gasteiger charge is -2.37. The van der Waals surface area contributed by atoms with E-state index in [4.69, 9.17) is 0 Å². The van der Waals surface area contributed by atoms with E-state index in [0.717, 1.165) is 5.33 Å². The fourth-order valence-corrected chi connectivity index (χ4v) is 2.36. The van der Waals surface area contributed by atoms with Gasteiger partial charge in [0.05, 0.1) is 0 Å². The van der Waals surface area contributed by atoms with E-state index in [1.807, 2.05) is 0 Å². The molecule has 0 heterocycles. The van der Waals surface area contributed by atoms with Gasteiger partial charge in [-0.25, -0.2) is 0 Å². The highest BCUT2D eigenvalue weighted by molar-refractivity contribution is 9.09. The second kappa shape index (κ2) is 2.93. The number of rotatable bonds is 1. The van der Waals surface area contributed by atoms with Crippen molar-refractivity contribution in [2.75, 3.05) is 5.33 Å². The van der Waals surface area contributed by atoms with Gasteiger partial charge >= 0.3 is 0 Å². The van der Waals surface area contributed by atoms with Gasteiger partial charge in [0.1, 0.15) is 0 Å². The molecule has 11 heavy (non-hydrogen) atoms. The Morgan fingerprint density at radius 2 is 2.00 bits per heavy atom. The topological polar surface area (TPSA) is 0 Å². The smallest absolute Gasteiger partial charge is 0.0120 e. The molecule has 1 aliphatic carbocycles. The standard InChI is InChI=1S/C10H17Br/c1-9(2)5-4-6-10(3,7-9)8-11/h4,6H,5,7-8H2,1-3H3. The van der Waals surface area contributed by atoms with Gasteiger partial charge in [-0.2, -0.15) is 0 Å². The maximum Gasteiger partial charge on any atom is 0.0120 e. The van der Waals surface area contributed by atoms with E-state index in [1.54, 1.807) is 0 Å². The number of alkyl halides is 1. The molecule has 1 unspecified atom stereocenters. The molecule has 0 aromatic carbocycles. The van der Waals surface area contributed by atoms with Crippen LogP contribution < -0.4 is 0 Å². The first-order valence-corrected chi connectivity index (χ1v) is 5.33. The maximum absolute atomic E-state index is 3.57. The Morgan fingerprint density at radius 3 is 2.36 bits per heavy atom. The van der Waals surface area contributed by atoms with E-state index >= 15 is 0 Å². The van der Waals surface area contributed by atoms with Crippen molar-refractivity contribution in [2.45, 2.75) is 33.6 Å². The van der Waals surface area contributed by atoms with Gasteiger partial charge in [0.15, 0.2) is 0 Å². The first-order valence-electron chi connectivity index (χ1n) is 4.21. The third kappa shape index (κ3) is 2.33. The molecule has 0 saturated heterocycles. The summed E-state index contributed by atoms with van der Waals surface area (Å²) in [5.41, 5.74) is 0.888. The number of hydrogen-bond acceptors (Lipinski definition) is 0. The van der Waals surface area contributed by atoms with Crippen LogP contribution in [-0.4, -0.2) is 5.33 Å². The fraction of sp³-hybridized carbons (Fsp3) is 0.800. The molecule has 0 bridgehead atoms. The minimum Gasteiger partial charge on any atom is -0.0919 e. The van der Waals surface area contributed by atoms with E-state index < -0.39 is 0 Å². The molecule has 0 spiro atoms. The third-order valence-corrected chi connectivity index (χ3v) is 3.66. The van der Waals surface area contributed by atoms with Crippen LogP contribution in [0.3, 0.4) is 0 Å². The molecule has 0 N–H and O–H groups in total. The predicted octanol–water partition coefficient (Wildman–Crippen LogP) is 3.76. The van der Waals surface area contributed by atoms with Crippen LogP contribution in [0, 0.1) is 10.8 Å². The van der Waals surface area contributed by atoms with Crippen LogP contribution in [0.25, 0.3) is 0 Å². The van der Waals surface area contributed by atoms with Crippen LogP contribution in [0.4, 0.5) is 0 Å². The molecule has 1 aliphatic rings.